The van der Waals surface area contributed by atoms with Crippen LogP contribution < -0.4 is 19.9 Å². The van der Waals surface area contributed by atoms with Gasteiger partial charge in [0.1, 0.15) is 11.6 Å². The van der Waals surface area contributed by atoms with Crippen LogP contribution in [-0.2, 0) is 4.74 Å². The maximum atomic E-state index is 15.7. The van der Waals surface area contributed by atoms with Gasteiger partial charge >= 0.3 is 0 Å². The van der Waals surface area contributed by atoms with E-state index in [1.54, 1.807) is 36.7 Å². The van der Waals surface area contributed by atoms with E-state index in [-0.39, 0.29) is 18.0 Å². The number of hydrogen-bond donors (Lipinski definition) is 1. The molecule has 5 rings (SSSR count). The van der Waals surface area contributed by atoms with Crippen molar-refractivity contribution in [3.8, 4) is 16.9 Å². The van der Waals surface area contributed by atoms with Gasteiger partial charge in [-0.05, 0) is 51.2 Å². The Morgan fingerprint density at radius 2 is 1.73 bits per heavy atom. The number of methoxy groups -OCH3 is 1. The summed E-state index contributed by atoms with van der Waals surface area (Å²) in [5.41, 5.74) is 2.25. The van der Waals surface area contributed by atoms with Crippen molar-refractivity contribution in [1.82, 2.24) is 14.9 Å². The molecule has 1 aromatic heterocycles. The van der Waals surface area contributed by atoms with Crippen molar-refractivity contribution >= 4 is 34.8 Å². The second-order valence-corrected chi connectivity index (χ2v) is 10.8. The highest BCUT2D eigenvalue weighted by Crippen LogP contribution is 2.36. The summed E-state index contributed by atoms with van der Waals surface area (Å²) in [6.45, 7) is 8.28. The van der Waals surface area contributed by atoms with Gasteiger partial charge in [-0.2, -0.15) is 0 Å². The number of benzene rings is 2. The number of aromatic nitrogens is 2. The molecule has 2 aromatic carbocycles. The first kappa shape index (κ1) is 28.1. The predicted octanol–water partition coefficient (Wildman–Crippen LogP) is 4.56. The van der Waals surface area contributed by atoms with Crippen LogP contribution in [0.5, 0.6) is 5.75 Å². The molecular weight excluding hydrogens is 535 g/mol. The number of likely N-dealkylation sites (N-methyl/N-ethyl adjacent to an activating group) is 1. The van der Waals surface area contributed by atoms with E-state index in [4.69, 9.17) is 21.1 Å². The van der Waals surface area contributed by atoms with Crippen LogP contribution in [0.4, 0.5) is 21.7 Å². The molecule has 3 aromatic rings. The number of amides is 1. The largest absolute Gasteiger partial charge is 0.497 e. The van der Waals surface area contributed by atoms with Gasteiger partial charge < -0.3 is 24.6 Å². The average molecular weight is 569 g/mol. The van der Waals surface area contributed by atoms with Crippen molar-refractivity contribution in [2.75, 3.05) is 68.7 Å². The smallest absolute Gasteiger partial charge is 0.255 e. The summed E-state index contributed by atoms with van der Waals surface area (Å²) in [5, 5.41) is 3.38. The summed E-state index contributed by atoms with van der Waals surface area (Å²) in [7, 11) is 3.60. The number of morpholine rings is 1. The Morgan fingerprint density at radius 3 is 2.38 bits per heavy atom. The Bertz CT molecular complexity index is 1360. The molecule has 2 aliphatic rings. The maximum Gasteiger partial charge on any atom is 0.255 e. The number of rotatable bonds is 6. The summed E-state index contributed by atoms with van der Waals surface area (Å²) in [6, 6.07) is 8.45. The Labute approximate surface area is 238 Å². The molecule has 2 fully saturated rings. The molecule has 0 unspecified atom stereocenters. The summed E-state index contributed by atoms with van der Waals surface area (Å²) in [4.78, 5) is 28.8. The normalized spacial score (nSPS) is 19.9. The van der Waals surface area contributed by atoms with Gasteiger partial charge in [0.2, 0.25) is 5.95 Å². The molecule has 0 radical (unpaired) electrons. The van der Waals surface area contributed by atoms with E-state index in [0.29, 0.717) is 84.2 Å². The number of nitrogens with one attached hydrogen (secondary N) is 1. The molecule has 212 valence electrons. The van der Waals surface area contributed by atoms with Crippen molar-refractivity contribution < 1.29 is 18.7 Å². The number of halogens is 2. The third-order valence-electron chi connectivity index (χ3n) is 7.65. The summed E-state index contributed by atoms with van der Waals surface area (Å²) in [6.07, 6.45) is 3.23. The van der Waals surface area contributed by atoms with Crippen LogP contribution in [0.3, 0.4) is 0 Å². The fourth-order valence-electron chi connectivity index (χ4n) is 5.14. The number of carbonyl (C=O) groups is 1. The van der Waals surface area contributed by atoms with Gasteiger partial charge in [-0.3, -0.25) is 9.69 Å². The van der Waals surface area contributed by atoms with Crippen molar-refractivity contribution in [1.29, 1.82) is 0 Å². The number of anilines is 3. The Hall–Kier alpha value is -3.47. The maximum absolute atomic E-state index is 15.7. The fraction of sp³-hybridized carbons (Fsp3) is 0.414. The first-order chi connectivity index (χ1) is 19.2. The quantitative estimate of drug-likeness (QED) is 0.463. The van der Waals surface area contributed by atoms with E-state index < -0.39 is 5.82 Å². The summed E-state index contributed by atoms with van der Waals surface area (Å²) in [5.74, 6) is 0.248. The van der Waals surface area contributed by atoms with Crippen molar-refractivity contribution in [2.45, 2.75) is 25.9 Å². The Balaban J connectivity index is 1.51. The van der Waals surface area contributed by atoms with Crippen LogP contribution in [0.25, 0.3) is 11.1 Å². The van der Waals surface area contributed by atoms with Crippen molar-refractivity contribution in [3.05, 3.63) is 59.1 Å². The zero-order chi connectivity index (χ0) is 28.4. The molecule has 0 saturated carbocycles. The minimum atomic E-state index is -0.417. The molecular formula is C29H34ClFN6O3. The molecule has 0 bridgehead atoms. The lowest BCUT2D eigenvalue weighted by Crippen LogP contribution is -2.55. The predicted molar refractivity (Wildman–Crippen MR) is 155 cm³/mol. The Morgan fingerprint density at radius 1 is 1.05 bits per heavy atom. The number of hydrogen-bond acceptors (Lipinski definition) is 8. The van der Waals surface area contributed by atoms with E-state index in [2.05, 4.69) is 46.0 Å². The van der Waals surface area contributed by atoms with Crippen LogP contribution in [-0.4, -0.2) is 86.4 Å². The van der Waals surface area contributed by atoms with Gasteiger partial charge in [-0.15, -0.1) is 0 Å². The molecule has 2 aliphatic heterocycles. The molecule has 0 aliphatic carbocycles. The van der Waals surface area contributed by atoms with Gasteiger partial charge in [0, 0.05) is 72.4 Å². The van der Waals surface area contributed by atoms with Crippen LogP contribution >= 0.6 is 11.6 Å². The van der Waals surface area contributed by atoms with Crippen molar-refractivity contribution in [3.63, 3.8) is 0 Å². The Kier molecular flexibility index (Phi) is 8.39. The molecule has 1 amide bonds. The SMILES string of the molecule is COc1cc(Cl)cc(C(=O)Nc2cc(-c3cnc(N4CCOCC4)nc3)c(F)cc2N2C[C@@H](C)N(C)[C@@H](C)C2)c1. The molecule has 11 heteroatoms. The van der Waals surface area contributed by atoms with E-state index in [1.165, 1.54) is 13.2 Å². The van der Waals surface area contributed by atoms with Crippen LogP contribution in [0.1, 0.15) is 24.2 Å². The van der Waals surface area contributed by atoms with Gasteiger partial charge in [-0.25, -0.2) is 14.4 Å². The van der Waals surface area contributed by atoms with Crippen molar-refractivity contribution in [2.24, 2.45) is 0 Å². The molecule has 3 heterocycles. The molecule has 0 spiro atoms. The fourth-order valence-corrected chi connectivity index (χ4v) is 5.37. The van der Waals surface area contributed by atoms with Crippen LogP contribution in [0.2, 0.25) is 5.02 Å². The second-order valence-electron chi connectivity index (χ2n) is 10.3. The summed E-state index contributed by atoms with van der Waals surface area (Å²) >= 11 is 6.22. The highest BCUT2D eigenvalue weighted by molar-refractivity contribution is 6.31. The zero-order valence-corrected chi connectivity index (χ0v) is 23.9. The molecule has 2 atom stereocenters. The lowest BCUT2D eigenvalue weighted by Gasteiger charge is -2.44. The lowest BCUT2D eigenvalue weighted by atomic mass is 10.0. The third-order valence-corrected chi connectivity index (χ3v) is 7.86. The van der Waals surface area contributed by atoms with E-state index in [1.807, 2.05) is 4.90 Å². The number of piperazine rings is 1. The molecule has 40 heavy (non-hydrogen) atoms. The lowest BCUT2D eigenvalue weighted by molar-refractivity contribution is 0.102. The minimum Gasteiger partial charge on any atom is -0.497 e. The monoisotopic (exact) mass is 568 g/mol. The van der Waals surface area contributed by atoms with E-state index in [9.17, 15) is 4.79 Å². The minimum absolute atomic E-state index is 0.244. The first-order valence-corrected chi connectivity index (χ1v) is 13.7. The first-order valence-electron chi connectivity index (χ1n) is 13.3. The van der Waals surface area contributed by atoms with E-state index in [0.717, 1.165) is 0 Å². The zero-order valence-electron chi connectivity index (χ0n) is 23.2. The van der Waals surface area contributed by atoms with Gasteiger partial charge in [0.15, 0.2) is 0 Å². The standard InChI is InChI=1S/C29H34ClFN6O3/c1-18-16-37(17-19(2)35(18)3)27-13-25(31)24(21-14-32-29(33-15-21)36-5-7-40-8-6-36)12-26(27)34-28(38)20-9-22(30)11-23(10-20)39-4/h9-15,18-19H,5-8,16-17H2,1-4H3,(H,34,38)/t18-,19+. The highest BCUT2D eigenvalue weighted by atomic mass is 35.5. The highest BCUT2D eigenvalue weighted by Gasteiger charge is 2.29. The van der Waals surface area contributed by atoms with Crippen LogP contribution in [0, 0.1) is 5.82 Å². The molecule has 2 saturated heterocycles. The second kappa shape index (κ2) is 12.0. The third kappa shape index (κ3) is 5.99. The number of ether oxygens (including phenoxy) is 2. The number of nitrogens with zero attached hydrogens (tertiary/aromatic N) is 5. The van der Waals surface area contributed by atoms with E-state index >= 15 is 4.39 Å². The average Bonchev–Trinajstić information content (AvgIpc) is 2.96. The molecule has 9 nitrogen and oxygen atoms in total. The van der Waals surface area contributed by atoms with Crippen LogP contribution in [0.15, 0.2) is 42.7 Å². The summed E-state index contributed by atoms with van der Waals surface area (Å²) < 4.78 is 26.4. The van der Waals surface area contributed by atoms with Gasteiger partial charge in [0.05, 0.1) is 31.7 Å². The number of carbonyl (C=O) groups excluding carboxylic acids is 1. The topological polar surface area (TPSA) is 83.1 Å². The molecule has 1 N–H and O–H groups in total. The van der Waals surface area contributed by atoms with Gasteiger partial charge in [0.25, 0.3) is 5.91 Å². The van der Waals surface area contributed by atoms with Gasteiger partial charge in [-0.1, -0.05) is 11.6 Å².